The highest BCUT2D eigenvalue weighted by Gasteiger charge is 2.19. The molecule has 3 aromatic carbocycles. The van der Waals surface area contributed by atoms with E-state index in [0.29, 0.717) is 23.0 Å². The molecule has 4 rings (SSSR count). The van der Waals surface area contributed by atoms with E-state index in [0.717, 1.165) is 11.3 Å². The smallest absolute Gasteiger partial charge is 0.332 e. The van der Waals surface area contributed by atoms with Crippen molar-refractivity contribution in [2.75, 3.05) is 16.0 Å². The van der Waals surface area contributed by atoms with Crippen molar-refractivity contribution in [3.05, 3.63) is 91.0 Å². The molecule has 0 unspecified atom stereocenters. The van der Waals surface area contributed by atoms with Crippen LogP contribution in [-0.2, 0) is 0 Å². The van der Waals surface area contributed by atoms with Crippen LogP contribution in [-0.4, -0.2) is 11.2 Å². The largest absolute Gasteiger partial charge is 0.399 e. The number of nitrogens with zero attached hydrogens (tertiary/aromatic N) is 2. The van der Waals surface area contributed by atoms with Crippen LogP contribution < -0.4 is 16.0 Å². The van der Waals surface area contributed by atoms with E-state index in [2.05, 4.69) is 10.5 Å². The third kappa shape index (κ3) is 3.71. The lowest BCUT2D eigenvalue weighted by Crippen LogP contribution is -2.30. The topological polar surface area (TPSA) is 84.4 Å². The summed E-state index contributed by atoms with van der Waals surface area (Å²) >= 11 is 0. The number of nitrogens with one attached hydrogen (secondary N) is 1. The summed E-state index contributed by atoms with van der Waals surface area (Å²) in [5.74, 6) is 0.912. The number of anilines is 4. The molecule has 0 aliphatic carbocycles. The summed E-state index contributed by atoms with van der Waals surface area (Å²) in [7, 11) is 0. The summed E-state index contributed by atoms with van der Waals surface area (Å²) in [6.07, 6.45) is 0. The Bertz CT molecular complexity index is 1060. The van der Waals surface area contributed by atoms with Gasteiger partial charge in [-0.2, -0.15) is 0 Å². The Labute approximate surface area is 162 Å². The number of nitrogens with two attached hydrogens (primary N) is 1. The number of para-hydroxylation sites is 1. The van der Waals surface area contributed by atoms with Gasteiger partial charge in [-0.1, -0.05) is 53.7 Å². The maximum atomic E-state index is 13.0. The number of urea groups is 1. The number of carbonyl (C=O) groups is 1. The minimum Gasteiger partial charge on any atom is -0.399 e. The van der Waals surface area contributed by atoms with Gasteiger partial charge >= 0.3 is 6.03 Å². The monoisotopic (exact) mass is 370 g/mol. The highest BCUT2D eigenvalue weighted by atomic mass is 16.5. The maximum Gasteiger partial charge on any atom is 0.332 e. The molecule has 0 aliphatic rings. The van der Waals surface area contributed by atoms with Gasteiger partial charge in [-0.15, -0.1) is 0 Å². The molecule has 28 heavy (non-hydrogen) atoms. The summed E-state index contributed by atoms with van der Waals surface area (Å²) < 4.78 is 5.36. The highest BCUT2D eigenvalue weighted by molar-refractivity contribution is 6.06. The van der Waals surface area contributed by atoms with Gasteiger partial charge < -0.3 is 10.3 Å². The molecule has 138 valence electrons. The molecule has 6 heteroatoms. The molecule has 1 aromatic heterocycles. The van der Waals surface area contributed by atoms with Crippen LogP contribution in [0.5, 0.6) is 0 Å². The normalized spacial score (nSPS) is 10.4. The Kier molecular flexibility index (Phi) is 4.76. The van der Waals surface area contributed by atoms with Crippen molar-refractivity contribution in [2.45, 2.75) is 0 Å². The molecule has 0 atom stereocenters. The first kappa shape index (κ1) is 17.4. The molecule has 6 nitrogen and oxygen atoms in total. The SMILES string of the molecule is Nc1ccc(N(C(=O)Nc2cc(-c3ccccc3)on2)c2ccccc2)cc1. The van der Waals surface area contributed by atoms with Crippen molar-refractivity contribution >= 4 is 28.9 Å². The van der Waals surface area contributed by atoms with E-state index in [1.165, 1.54) is 0 Å². The first-order chi connectivity index (χ1) is 13.7. The van der Waals surface area contributed by atoms with Gasteiger partial charge in [-0.05, 0) is 36.4 Å². The number of hydrogen-bond donors (Lipinski definition) is 2. The number of amides is 2. The van der Waals surface area contributed by atoms with Gasteiger partial charge in [0.1, 0.15) is 0 Å². The Morgan fingerprint density at radius 3 is 2.14 bits per heavy atom. The Morgan fingerprint density at radius 2 is 1.46 bits per heavy atom. The summed E-state index contributed by atoms with van der Waals surface area (Å²) in [6, 6.07) is 27.3. The van der Waals surface area contributed by atoms with E-state index >= 15 is 0 Å². The molecule has 0 saturated heterocycles. The molecule has 0 spiro atoms. The van der Waals surface area contributed by atoms with Gasteiger partial charge in [0.05, 0.1) is 11.4 Å². The summed E-state index contributed by atoms with van der Waals surface area (Å²) in [5.41, 5.74) is 8.70. The fraction of sp³-hybridized carbons (Fsp3) is 0. The first-order valence-electron chi connectivity index (χ1n) is 8.74. The van der Waals surface area contributed by atoms with Crippen LogP contribution in [0.15, 0.2) is 95.5 Å². The minimum atomic E-state index is -0.358. The first-order valence-corrected chi connectivity index (χ1v) is 8.74. The average Bonchev–Trinajstić information content (AvgIpc) is 3.20. The van der Waals surface area contributed by atoms with Crippen molar-refractivity contribution in [2.24, 2.45) is 0 Å². The molecule has 1 heterocycles. The third-order valence-electron chi connectivity index (χ3n) is 4.17. The highest BCUT2D eigenvalue weighted by Crippen LogP contribution is 2.28. The number of carbonyl (C=O) groups excluding carboxylic acids is 1. The minimum absolute atomic E-state index is 0.334. The zero-order valence-electron chi connectivity index (χ0n) is 14.9. The van der Waals surface area contributed by atoms with Gasteiger partial charge in [0.15, 0.2) is 11.6 Å². The van der Waals surface area contributed by atoms with Crippen LogP contribution in [0.2, 0.25) is 0 Å². The van der Waals surface area contributed by atoms with E-state index in [1.54, 1.807) is 35.2 Å². The summed E-state index contributed by atoms with van der Waals surface area (Å²) in [6.45, 7) is 0. The van der Waals surface area contributed by atoms with E-state index < -0.39 is 0 Å². The summed E-state index contributed by atoms with van der Waals surface area (Å²) in [4.78, 5) is 14.6. The zero-order chi connectivity index (χ0) is 19.3. The number of hydrogen-bond acceptors (Lipinski definition) is 4. The number of benzene rings is 3. The van der Waals surface area contributed by atoms with Crippen molar-refractivity contribution < 1.29 is 9.32 Å². The van der Waals surface area contributed by atoms with Crippen LogP contribution in [0.25, 0.3) is 11.3 Å². The summed E-state index contributed by atoms with van der Waals surface area (Å²) in [5, 5.41) is 6.76. The van der Waals surface area contributed by atoms with Crippen molar-refractivity contribution in [1.29, 1.82) is 0 Å². The maximum absolute atomic E-state index is 13.0. The average molecular weight is 370 g/mol. The lowest BCUT2D eigenvalue weighted by atomic mass is 10.2. The molecule has 0 radical (unpaired) electrons. The van der Waals surface area contributed by atoms with Crippen LogP contribution in [0.4, 0.5) is 27.7 Å². The van der Waals surface area contributed by atoms with E-state index in [-0.39, 0.29) is 6.03 Å². The third-order valence-corrected chi connectivity index (χ3v) is 4.17. The molecule has 0 saturated carbocycles. The Hall–Kier alpha value is -4.06. The van der Waals surface area contributed by atoms with Crippen molar-refractivity contribution in [3.8, 4) is 11.3 Å². The second-order valence-corrected chi connectivity index (χ2v) is 6.14. The van der Waals surface area contributed by atoms with Gasteiger partial charge in [0, 0.05) is 17.3 Å². The van der Waals surface area contributed by atoms with Crippen LogP contribution in [0, 0.1) is 0 Å². The van der Waals surface area contributed by atoms with E-state index in [4.69, 9.17) is 10.3 Å². The molecular weight excluding hydrogens is 352 g/mol. The standard InChI is InChI=1S/C22H18N4O2/c23-17-11-13-19(14-12-17)26(18-9-5-2-6-10-18)22(27)24-21-15-20(28-25-21)16-7-3-1-4-8-16/h1-15H,23H2,(H,24,25,27). The lowest BCUT2D eigenvalue weighted by molar-refractivity contribution is 0.258. The predicted octanol–water partition coefficient (Wildman–Crippen LogP) is 5.29. The molecular formula is C22H18N4O2. The second-order valence-electron chi connectivity index (χ2n) is 6.14. The van der Waals surface area contributed by atoms with Crippen molar-refractivity contribution in [1.82, 2.24) is 5.16 Å². The van der Waals surface area contributed by atoms with Gasteiger partial charge in [-0.25, -0.2) is 4.79 Å². The second kappa shape index (κ2) is 7.67. The van der Waals surface area contributed by atoms with Crippen LogP contribution in [0.3, 0.4) is 0 Å². The molecule has 4 aromatic rings. The Balaban J connectivity index is 1.61. The quantitative estimate of drug-likeness (QED) is 0.478. The van der Waals surface area contributed by atoms with E-state index in [9.17, 15) is 4.79 Å². The molecule has 0 aliphatic heterocycles. The lowest BCUT2D eigenvalue weighted by Gasteiger charge is -2.22. The number of aromatic nitrogens is 1. The molecule has 2 amide bonds. The predicted molar refractivity (Wildman–Crippen MR) is 110 cm³/mol. The van der Waals surface area contributed by atoms with Crippen LogP contribution >= 0.6 is 0 Å². The van der Waals surface area contributed by atoms with Gasteiger partial charge in [0.25, 0.3) is 0 Å². The van der Waals surface area contributed by atoms with Crippen molar-refractivity contribution in [3.63, 3.8) is 0 Å². The fourth-order valence-corrected chi connectivity index (χ4v) is 2.82. The van der Waals surface area contributed by atoms with Gasteiger partial charge in [0.2, 0.25) is 0 Å². The van der Waals surface area contributed by atoms with E-state index in [1.807, 2.05) is 60.7 Å². The molecule has 3 N–H and O–H groups in total. The molecule has 0 fully saturated rings. The zero-order valence-corrected chi connectivity index (χ0v) is 14.9. The van der Waals surface area contributed by atoms with Gasteiger partial charge in [-0.3, -0.25) is 10.2 Å². The number of nitrogen functional groups attached to an aromatic ring is 1. The molecule has 0 bridgehead atoms. The van der Waals surface area contributed by atoms with Crippen LogP contribution in [0.1, 0.15) is 0 Å². The Morgan fingerprint density at radius 1 is 0.857 bits per heavy atom. The fourth-order valence-electron chi connectivity index (χ4n) is 2.82. The number of rotatable bonds is 4.